The van der Waals surface area contributed by atoms with Gasteiger partial charge in [-0.05, 0) is 41.5 Å². The number of amides is 1. The highest BCUT2D eigenvalue weighted by Gasteiger charge is 2.12. The number of hydrogen-bond acceptors (Lipinski definition) is 5. The molecule has 2 aromatic rings. The van der Waals surface area contributed by atoms with Gasteiger partial charge in [-0.2, -0.15) is 8.78 Å². The van der Waals surface area contributed by atoms with Crippen LogP contribution in [0.1, 0.15) is 11.1 Å². The standard InChI is InChI=1S/C20H21F2N3O3/c21-20(22)28-17-4-1-15(2-5-17)3-6-19(26)24-14-16-7-8-23-18(13-16)25-9-11-27-12-10-25/h1-8,13,20H,9-12,14H2,(H,24,26)/b6-3+. The monoisotopic (exact) mass is 389 g/mol. The van der Waals surface area contributed by atoms with Crippen LogP contribution < -0.4 is 15.0 Å². The second kappa shape index (κ2) is 9.80. The van der Waals surface area contributed by atoms with E-state index in [-0.39, 0.29) is 11.7 Å². The lowest BCUT2D eigenvalue weighted by Crippen LogP contribution is -2.36. The van der Waals surface area contributed by atoms with Crippen LogP contribution in [0.4, 0.5) is 14.6 Å². The Hall–Kier alpha value is -3.00. The van der Waals surface area contributed by atoms with Crippen LogP contribution in [0, 0.1) is 0 Å². The van der Waals surface area contributed by atoms with Crippen molar-refractivity contribution in [3.8, 4) is 5.75 Å². The number of nitrogens with zero attached hydrogens (tertiary/aromatic N) is 2. The fourth-order valence-corrected chi connectivity index (χ4v) is 2.72. The van der Waals surface area contributed by atoms with Gasteiger partial charge in [0.25, 0.3) is 0 Å². The van der Waals surface area contributed by atoms with Gasteiger partial charge >= 0.3 is 6.61 Å². The van der Waals surface area contributed by atoms with Crippen LogP contribution in [0.2, 0.25) is 0 Å². The quantitative estimate of drug-likeness (QED) is 0.738. The molecule has 1 aromatic heterocycles. The molecule has 0 unspecified atom stereocenters. The van der Waals surface area contributed by atoms with Gasteiger partial charge < -0.3 is 19.7 Å². The molecule has 1 aliphatic rings. The normalized spacial score (nSPS) is 14.5. The predicted octanol–water partition coefficient (Wildman–Crippen LogP) is 2.85. The molecule has 3 rings (SSSR count). The highest BCUT2D eigenvalue weighted by atomic mass is 19.3. The fourth-order valence-electron chi connectivity index (χ4n) is 2.72. The molecule has 1 amide bonds. The number of rotatable bonds is 7. The van der Waals surface area contributed by atoms with E-state index in [4.69, 9.17) is 4.74 Å². The van der Waals surface area contributed by atoms with Gasteiger partial charge in [0.05, 0.1) is 13.2 Å². The molecule has 0 saturated carbocycles. The van der Waals surface area contributed by atoms with Crippen molar-refractivity contribution in [1.82, 2.24) is 10.3 Å². The zero-order chi connectivity index (χ0) is 19.8. The van der Waals surface area contributed by atoms with Crippen LogP contribution >= 0.6 is 0 Å². The molecule has 6 nitrogen and oxygen atoms in total. The third kappa shape index (κ3) is 6.02. The number of carbonyl (C=O) groups is 1. The largest absolute Gasteiger partial charge is 0.435 e. The summed E-state index contributed by atoms with van der Waals surface area (Å²) < 4.78 is 33.9. The van der Waals surface area contributed by atoms with Gasteiger partial charge in [-0.1, -0.05) is 12.1 Å². The van der Waals surface area contributed by atoms with E-state index in [1.807, 2.05) is 12.1 Å². The first-order valence-electron chi connectivity index (χ1n) is 8.88. The maximum Gasteiger partial charge on any atom is 0.387 e. The summed E-state index contributed by atoms with van der Waals surface area (Å²) in [5, 5.41) is 2.82. The van der Waals surface area contributed by atoms with Crippen molar-refractivity contribution in [2.24, 2.45) is 0 Å². The Morgan fingerprint density at radius 3 is 2.71 bits per heavy atom. The number of anilines is 1. The van der Waals surface area contributed by atoms with Crippen LogP contribution in [0.25, 0.3) is 6.08 Å². The molecule has 1 saturated heterocycles. The molecule has 0 spiro atoms. The summed E-state index contributed by atoms with van der Waals surface area (Å²) in [5.74, 6) is 0.694. The Morgan fingerprint density at radius 2 is 2.00 bits per heavy atom. The van der Waals surface area contributed by atoms with Crippen molar-refractivity contribution >= 4 is 17.8 Å². The molecular formula is C20H21F2N3O3. The summed E-state index contributed by atoms with van der Waals surface area (Å²) in [7, 11) is 0. The maximum absolute atomic E-state index is 12.1. The van der Waals surface area contributed by atoms with Crippen molar-refractivity contribution in [3.05, 3.63) is 59.8 Å². The number of benzene rings is 1. The molecule has 1 fully saturated rings. The molecule has 2 heterocycles. The minimum Gasteiger partial charge on any atom is -0.435 e. The SMILES string of the molecule is O=C(/C=C/c1ccc(OC(F)F)cc1)NCc1ccnc(N2CCOCC2)c1. The van der Waals surface area contributed by atoms with Crippen molar-refractivity contribution in [3.63, 3.8) is 0 Å². The van der Waals surface area contributed by atoms with Crippen molar-refractivity contribution in [2.45, 2.75) is 13.2 Å². The van der Waals surface area contributed by atoms with Crippen LogP contribution in [0.15, 0.2) is 48.7 Å². The summed E-state index contributed by atoms with van der Waals surface area (Å²) in [6.07, 6.45) is 4.73. The summed E-state index contributed by atoms with van der Waals surface area (Å²) in [6, 6.07) is 9.85. The third-order valence-electron chi connectivity index (χ3n) is 4.14. The number of aromatic nitrogens is 1. The average molecular weight is 389 g/mol. The molecule has 0 aliphatic carbocycles. The van der Waals surface area contributed by atoms with E-state index in [0.717, 1.165) is 24.5 Å². The van der Waals surface area contributed by atoms with Crippen LogP contribution in [0.5, 0.6) is 5.75 Å². The van der Waals surface area contributed by atoms with E-state index < -0.39 is 6.61 Å². The number of halogens is 2. The number of morpholine rings is 1. The Balaban J connectivity index is 1.50. The molecule has 1 aliphatic heterocycles. The number of carbonyl (C=O) groups excluding carboxylic acids is 1. The second-order valence-corrected chi connectivity index (χ2v) is 6.12. The molecule has 1 N–H and O–H groups in total. The molecule has 148 valence electrons. The van der Waals surface area contributed by atoms with Gasteiger partial charge in [0.2, 0.25) is 5.91 Å². The van der Waals surface area contributed by atoms with Gasteiger partial charge in [-0.15, -0.1) is 0 Å². The summed E-state index contributed by atoms with van der Waals surface area (Å²) in [6.45, 7) is 0.485. The van der Waals surface area contributed by atoms with Crippen LogP contribution in [-0.2, 0) is 16.1 Å². The molecule has 0 bridgehead atoms. The molecule has 0 radical (unpaired) electrons. The minimum atomic E-state index is -2.86. The lowest BCUT2D eigenvalue weighted by Gasteiger charge is -2.28. The number of ether oxygens (including phenoxy) is 2. The zero-order valence-electron chi connectivity index (χ0n) is 15.2. The minimum absolute atomic E-state index is 0.0744. The predicted molar refractivity (Wildman–Crippen MR) is 101 cm³/mol. The highest BCUT2D eigenvalue weighted by molar-refractivity contribution is 5.91. The van der Waals surface area contributed by atoms with E-state index in [1.54, 1.807) is 24.4 Å². The molecule has 8 heteroatoms. The summed E-state index contributed by atoms with van der Waals surface area (Å²) >= 11 is 0. The van der Waals surface area contributed by atoms with Crippen molar-refractivity contribution in [2.75, 3.05) is 31.2 Å². The van der Waals surface area contributed by atoms with Crippen molar-refractivity contribution in [1.29, 1.82) is 0 Å². The molecular weight excluding hydrogens is 368 g/mol. The van der Waals surface area contributed by atoms with E-state index in [0.29, 0.717) is 25.3 Å². The van der Waals surface area contributed by atoms with Gasteiger partial charge in [0, 0.05) is 31.9 Å². The van der Waals surface area contributed by atoms with Crippen molar-refractivity contribution < 1.29 is 23.0 Å². The van der Waals surface area contributed by atoms with Gasteiger partial charge in [-0.3, -0.25) is 4.79 Å². The maximum atomic E-state index is 12.1. The molecule has 0 atom stereocenters. The highest BCUT2D eigenvalue weighted by Crippen LogP contribution is 2.16. The van der Waals surface area contributed by atoms with Crippen LogP contribution in [-0.4, -0.2) is 43.8 Å². The summed E-state index contributed by atoms with van der Waals surface area (Å²) in [4.78, 5) is 18.6. The van der Waals surface area contributed by atoms with E-state index in [9.17, 15) is 13.6 Å². The number of hydrogen-bond donors (Lipinski definition) is 1. The van der Waals surface area contributed by atoms with Gasteiger partial charge in [0.15, 0.2) is 0 Å². The number of alkyl halides is 2. The van der Waals surface area contributed by atoms with E-state index in [1.165, 1.54) is 18.2 Å². The molecule has 28 heavy (non-hydrogen) atoms. The Bertz CT molecular complexity index is 807. The number of nitrogens with one attached hydrogen (secondary N) is 1. The van der Waals surface area contributed by atoms with Gasteiger partial charge in [-0.25, -0.2) is 4.98 Å². The number of pyridine rings is 1. The zero-order valence-corrected chi connectivity index (χ0v) is 15.2. The van der Waals surface area contributed by atoms with E-state index in [2.05, 4.69) is 19.9 Å². The topological polar surface area (TPSA) is 63.7 Å². The Kier molecular flexibility index (Phi) is 6.91. The summed E-state index contributed by atoms with van der Waals surface area (Å²) in [5.41, 5.74) is 1.65. The molecule has 1 aromatic carbocycles. The lowest BCUT2D eigenvalue weighted by atomic mass is 10.2. The third-order valence-corrected chi connectivity index (χ3v) is 4.14. The average Bonchev–Trinajstić information content (AvgIpc) is 2.72. The fraction of sp³-hybridized carbons (Fsp3) is 0.300. The van der Waals surface area contributed by atoms with E-state index >= 15 is 0 Å². The van der Waals surface area contributed by atoms with Gasteiger partial charge in [0.1, 0.15) is 11.6 Å². The lowest BCUT2D eigenvalue weighted by molar-refractivity contribution is -0.116. The first-order valence-corrected chi connectivity index (χ1v) is 8.88. The second-order valence-electron chi connectivity index (χ2n) is 6.12. The smallest absolute Gasteiger partial charge is 0.387 e. The first-order chi connectivity index (χ1) is 13.6. The van der Waals surface area contributed by atoms with Crippen LogP contribution in [0.3, 0.4) is 0 Å². The Labute approximate surface area is 161 Å². The Morgan fingerprint density at radius 1 is 1.25 bits per heavy atom. The first kappa shape index (κ1) is 19.8.